The second kappa shape index (κ2) is 56.7. The Morgan fingerprint density at radius 1 is 0.354 bits per heavy atom. The van der Waals surface area contributed by atoms with Crippen LogP contribution in [0.25, 0.3) is 0 Å². The lowest BCUT2D eigenvalue weighted by molar-refractivity contribution is -0.161. The van der Waals surface area contributed by atoms with Crippen molar-refractivity contribution in [1.82, 2.24) is 0 Å². The number of aliphatic hydroxyl groups is 1. The van der Waals surface area contributed by atoms with E-state index in [2.05, 4.69) is 38.2 Å². The van der Waals surface area contributed by atoms with E-state index in [9.17, 15) is 14.7 Å². The van der Waals surface area contributed by atoms with Gasteiger partial charge in [0, 0.05) is 12.8 Å². The molecule has 5 heteroatoms. The van der Waals surface area contributed by atoms with Gasteiger partial charge in [-0.05, 0) is 44.9 Å². The normalized spacial score (nSPS) is 12.2. The van der Waals surface area contributed by atoms with Crippen LogP contribution in [0.3, 0.4) is 0 Å². The number of ether oxygens (including phenoxy) is 2. The van der Waals surface area contributed by atoms with Gasteiger partial charge in [-0.25, -0.2) is 0 Å². The molecule has 0 aliphatic carbocycles. The predicted molar refractivity (Wildman–Crippen MR) is 284 cm³/mol. The highest BCUT2D eigenvalue weighted by atomic mass is 16.6. The van der Waals surface area contributed by atoms with Gasteiger partial charge in [0.2, 0.25) is 0 Å². The largest absolute Gasteiger partial charge is 0.462 e. The van der Waals surface area contributed by atoms with Crippen LogP contribution in [0.15, 0.2) is 24.3 Å². The second-order valence-electron chi connectivity index (χ2n) is 20.1. The molecule has 0 saturated heterocycles. The van der Waals surface area contributed by atoms with Crippen LogP contribution >= 0.6 is 0 Å². The van der Waals surface area contributed by atoms with Crippen LogP contribution in [0.5, 0.6) is 0 Å². The maximum Gasteiger partial charge on any atom is 0.306 e. The van der Waals surface area contributed by atoms with E-state index >= 15 is 0 Å². The van der Waals surface area contributed by atoms with E-state index in [4.69, 9.17) is 9.47 Å². The number of unbranched alkanes of at least 4 members (excludes halogenated alkanes) is 43. The summed E-state index contributed by atoms with van der Waals surface area (Å²) < 4.78 is 10.7. The third-order valence-corrected chi connectivity index (χ3v) is 13.5. The Bertz CT molecular complexity index is 990. The summed E-state index contributed by atoms with van der Waals surface area (Å²) >= 11 is 0. The molecule has 1 unspecified atom stereocenters. The molecule has 0 heterocycles. The van der Waals surface area contributed by atoms with Crippen LogP contribution in [0.4, 0.5) is 0 Å². The molecule has 0 aromatic heterocycles. The molecular weight excluding hydrogens is 801 g/mol. The Hall–Kier alpha value is -1.62. The molecule has 5 nitrogen and oxygen atoms in total. The summed E-state index contributed by atoms with van der Waals surface area (Å²) in [6.07, 6.45) is 71.6. The molecule has 0 bridgehead atoms. The number of rotatable bonds is 55. The van der Waals surface area contributed by atoms with E-state index in [1.807, 2.05) is 0 Å². The Morgan fingerprint density at radius 2 is 0.615 bits per heavy atom. The molecule has 65 heavy (non-hydrogen) atoms. The summed E-state index contributed by atoms with van der Waals surface area (Å²) in [5, 5.41) is 9.66. The molecule has 0 aliphatic heterocycles. The highest BCUT2D eigenvalue weighted by molar-refractivity contribution is 5.70. The summed E-state index contributed by atoms with van der Waals surface area (Å²) in [7, 11) is 0. The second-order valence-corrected chi connectivity index (χ2v) is 20.1. The van der Waals surface area contributed by atoms with Gasteiger partial charge in [0.1, 0.15) is 6.61 Å². The lowest BCUT2D eigenvalue weighted by atomic mass is 10.0. The Labute approximate surface area is 406 Å². The third-order valence-electron chi connectivity index (χ3n) is 13.5. The number of allylic oxidation sites excluding steroid dienone is 4. The van der Waals surface area contributed by atoms with Gasteiger partial charge in [-0.1, -0.05) is 295 Å². The van der Waals surface area contributed by atoms with Crippen molar-refractivity contribution < 1.29 is 24.2 Å². The molecule has 0 saturated carbocycles. The van der Waals surface area contributed by atoms with Crippen LogP contribution < -0.4 is 0 Å². The molecule has 0 spiro atoms. The van der Waals surface area contributed by atoms with E-state index in [1.165, 1.54) is 263 Å². The van der Waals surface area contributed by atoms with Gasteiger partial charge >= 0.3 is 11.9 Å². The molecule has 0 fully saturated rings. The first kappa shape index (κ1) is 63.4. The number of esters is 2. The SMILES string of the molecule is CCCCCCC/C=C\C/C=C\CCCCCCCCCCCCCCCCCCCC(=O)OC(CO)COC(=O)CCCCCCCCCCCCCCCCCCCCCCCC. The van der Waals surface area contributed by atoms with Gasteiger partial charge in [0.05, 0.1) is 6.61 Å². The van der Waals surface area contributed by atoms with Gasteiger partial charge in [-0.3, -0.25) is 9.59 Å². The summed E-state index contributed by atoms with van der Waals surface area (Å²) in [4.78, 5) is 24.5. The van der Waals surface area contributed by atoms with E-state index in [1.54, 1.807) is 0 Å². The van der Waals surface area contributed by atoms with Crippen molar-refractivity contribution in [3.05, 3.63) is 24.3 Å². The fraction of sp³-hybridized carbons (Fsp3) is 0.900. The first-order valence-electron chi connectivity index (χ1n) is 29.4. The van der Waals surface area contributed by atoms with Crippen molar-refractivity contribution >= 4 is 11.9 Å². The van der Waals surface area contributed by atoms with E-state index in [-0.39, 0.29) is 25.2 Å². The first-order valence-corrected chi connectivity index (χ1v) is 29.4. The minimum Gasteiger partial charge on any atom is -0.462 e. The van der Waals surface area contributed by atoms with E-state index < -0.39 is 6.10 Å². The zero-order valence-corrected chi connectivity index (χ0v) is 44.0. The smallest absolute Gasteiger partial charge is 0.306 e. The van der Waals surface area contributed by atoms with Gasteiger partial charge < -0.3 is 14.6 Å². The average molecular weight is 916 g/mol. The summed E-state index contributed by atoms with van der Waals surface area (Å²) in [5.74, 6) is -0.568. The monoisotopic (exact) mass is 915 g/mol. The fourth-order valence-corrected chi connectivity index (χ4v) is 9.06. The lowest BCUT2D eigenvalue weighted by Gasteiger charge is -2.15. The molecule has 1 atom stereocenters. The molecule has 0 amide bonds. The van der Waals surface area contributed by atoms with E-state index in [0.29, 0.717) is 12.8 Å². The number of hydrogen-bond donors (Lipinski definition) is 1. The van der Waals surface area contributed by atoms with Gasteiger partial charge in [0.15, 0.2) is 6.10 Å². The highest BCUT2D eigenvalue weighted by Crippen LogP contribution is 2.18. The Balaban J connectivity index is 3.41. The quantitative estimate of drug-likeness (QED) is 0.0374. The van der Waals surface area contributed by atoms with Crippen molar-refractivity contribution in [3.63, 3.8) is 0 Å². The van der Waals surface area contributed by atoms with Crippen molar-refractivity contribution in [3.8, 4) is 0 Å². The van der Waals surface area contributed by atoms with Gasteiger partial charge in [-0.15, -0.1) is 0 Å². The van der Waals surface area contributed by atoms with Crippen LogP contribution in [-0.4, -0.2) is 36.4 Å². The number of hydrogen-bond acceptors (Lipinski definition) is 5. The van der Waals surface area contributed by atoms with Crippen LogP contribution in [0.1, 0.15) is 328 Å². The molecule has 0 rings (SSSR count). The van der Waals surface area contributed by atoms with Gasteiger partial charge in [-0.2, -0.15) is 0 Å². The van der Waals surface area contributed by atoms with Crippen LogP contribution in [0.2, 0.25) is 0 Å². The van der Waals surface area contributed by atoms with Crippen molar-refractivity contribution in [1.29, 1.82) is 0 Å². The molecule has 1 N–H and O–H groups in total. The maximum atomic E-state index is 12.3. The average Bonchev–Trinajstić information content (AvgIpc) is 3.31. The Kier molecular flexibility index (Phi) is 55.3. The molecular formula is C60H114O5. The van der Waals surface area contributed by atoms with Crippen molar-refractivity contribution in [2.24, 2.45) is 0 Å². The molecule has 0 aromatic rings. The molecule has 0 aromatic carbocycles. The number of carbonyl (C=O) groups excluding carboxylic acids is 2. The predicted octanol–water partition coefficient (Wildman–Crippen LogP) is 19.7. The number of aliphatic hydroxyl groups excluding tert-OH is 1. The third kappa shape index (κ3) is 54.9. The number of carbonyl (C=O) groups is 2. The molecule has 384 valence electrons. The summed E-state index contributed by atoms with van der Waals surface area (Å²) in [6, 6.07) is 0. The zero-order chi connectivity index (χ0) is 47.0. The zero-order valence-electron chi connectivity index (χ0n) is 44.0. The minimum absolute atomic E-state index is 0.0586. The summed E-state index contributed by atoms with van der Waals surface area (Å²) in [6.45, 7) is 4.19. The lowest BCUT2D eigenvalue weighted by Crippen LogP contribution is -2.28. The fourth-order valence-electron chi connectivity index (χ4n) is 9.06. The van der Waals surface area contributed by atoms with Gasteiger partial charge in [0.25, 0.3) is 0 Å². The molecule has 0 radical (unpaired) electrons. The van der Waals surface area contributed by atoms with Crippen LogP contribution in [-0.2, 0) is 19.1 Å². The standard InChI is InChI=1S/C60H114O5/c1-3-5-7-9-11-13-15-17-19-21-23-25-27-28-29-30-31-32-33-35-37-39-41-43-45-47-49-51-53-55-60(63)65-58(56-61)57-64-59(62)54-52-50-48-46-44-42-40-38-36-34-26-24-22-20-18-16-14-12-10-8-6-4-2/h15,17,21,23,58,61H,3-14,16,18-20,22,24-57H2,1-2H3/b17-15-,23-21-. The Morgan fingerprint density at radius 3 is 0.908 bits per heavy atom. The first-order chi connectivity index (χ1) is 32.1. The van der Waals surface area contributed by atoms with Crippen molar-refractivity contribution in [2.45, 2.75) is 335 Å². The van der Waals surface area contributed by atoms with E-state index in [0.717, 1.165) is 38.5 Å². The molecule has 0 aliphatic rings. The summed E-state index contributed by atoms with van der Waals surface area (Å²) in [5.41, 5.74) is 0. The minimum atomic E-state index is -0.767. The maximum absolute atomic E-state index is 12.3. The highest BCUT2D eigenvalue weighted by Gasteiger charge is 2.16. The van der Waals surface area contributed by atoms with Crippen molar-refractivity contribution in [2.75, 3.05) is 13.2 Å². The topological polar surface area (TPSA) is 72.8 Å². The van der Waals surface area contributed by atoms with Crippen LogP contribution in [0, 0.1) is 0 Å².